The van der Waals surface area contributed by atoms with E-state index >= 15 is 0 Å². The van der Waals surface area contributed by atoms with Crippen LogP contribution in [-0.4, -0.2) is 46.1 Å². The topological polar surface area (TPSA) is 87.1 Å². The molecule has 2 aliphatic rings. The Kier molecular flexibility index (Phi) is 7.21. The maximum Gasteiger partial charge on any atom is 0.295 e. The number of phenols is 1. The second-order valence-electron chi connectivity index (χ2n) is 12.1. The van der Waals surface area contributed by atoms with Crippen molar-refractivity contribution < 1.29 is 24.5 Å². The molecule has 4 rings (SSSR count). The number of ether oxygens (including phenoxy) is 1. The largest absolute Gasteiger partial charge is 0.507 e. The van der Waals surface area contributed by atoms with Crippen LogP contribution < -0.4 is 0 Å². The van der Waals surface area contributed by atoms with E-state index in [0.29, 0.717) is 33.9 Å². The number of halogens is 1. The van der Waals surface area contributed by atoms with Crippen LogP contribution in [0, 0.1) is 0 Å². The molecule has 2 aromatic rings. The highest BCUT2D eigenvalue weighted by atomic mass is 35.5. The Bertz CT molecular complexity index is 1210. The summed E-state index contributed by atoms with van der Waals surface area (Å²) in [5.74, 6) is -1.45. The van der Waals surface area contributed by atoms with Crippen LogP contribution in [0.5, 0.6) is 5.75 Å². The first-order valence-corrected chi connectivity index (χ1v) is 13.1. The van der Waals surface area contributed by atoms with Crippen molar-refractivity contribution in [1.82, 2.24) is 4.90 Å². The second-order valence-corrected chi connectivity index (χ2v) is 12.5. The van der Waals surface area contributed by atoms with Crippen molar-refractivity contribution in [3.05, 3.63) is 69.2 Å². The number of Topliss-reactive ketones (excluding diaryl/α,β-unsaturated/α-hetero) is 1. The lowest BCUT2D eigenvalue weighted by Gasteiger charge is -2.32. The number of ketones is 1. The molecule has 2 fully saturated rings. The molecule has 2 N–H and O–H groups in total. The van der Waals surface area contributed by atoms with E-state index in [0.717, 1.165) is 12.8 Å². The number of rotatable bonds is 4. The highest BCUT2D eigenvalue weighted by Crippen LogP contribution is 2.46. The molecule has 6 nitrogen and oxygen atoms in total. The van der Waals surface area contributed by atoms with Crippen molar-refractivity contribution in [2.75, 3.05) is 13.2 Å². The van der Waals surface area contributed by atoms with Gasteiger partial charge >= 0.3 is 0 Å². The first-order valence-electron chi connectivity index (χ1n) is 12.7. The van der Waals surface area contributed by atoms with Gasteiger partial charge in [-0.25, -0.2) is 0 Å². The standard InChI is InChI=1S/C30H36ClNO5/c1-29(2,3)21-14-18(15-22(26(21)34)30(4,5)6)24-23(25(33)17-9-11-19(31)12-10-17)27(35)28(36)32(24)16-20-8-7-13-37-20/h9-12,14-15,20,24,33-34H,7-8,13,16H2,1-6H3. The summed E-state index contributed by atoms with van der Waals surface area (Å²) in [5.41, 5.74) is 1.70. The SMILES string of the molecule is CC(C)(C)c1cc(C2C(=C(O)c3ccc(Cl)cc3)C(=O)C(=O)N2CC2CCCO2)cc(C(C)(C)C)c1O. The van der Waals surface area contributed by atoms with Gasteiger partial charge in [-0.1, -0.05) is 53.1 Å². The molecule has 0 bridgehead atoms. The minimum atomic E-state index is -0.831. The Labute approximate surface area is 223 Å². The number of aliphatic hydroxyl groups is 1. The summed E-state index contributed by atoms with van der Waals surface area (Å²) in [6, 6.07) is 9.40. The summed E-state index contributed by atoms with van der Waals surface area (Å²) >= 11 is 6.04. The molecule has 37 heavy (non-hydrogen) atoms. The summed E-state index contributed by atoms with van der Waals surface area (Å²) in [5, 5.41) is 23.1. The van der Waals surface area contributed by atoms with Gasteiger partial charge in [-0.3, -0.25) is 9.59 Å². The van der Waals surface area contributed by atoms with Gasteiger partial charge in [-0.15, -0.1) is 0 Å². The number of benzene rings is 2. The Morgan fingerprint density at radius 3 is 2.08 bits per heavy atom. The second kappa shape index (κ2) is 9.80. The number of aliphatic hydroxyl groups excluding tert-OH is 1. The molecule has 2 aliphatic heterocycles. The Morgan fingerprint density at radius 1 is 1.03 bits per heavy atom. The van der Waals surface area contributed by atoms with Crippen LogP contribution >= 0.6 is 11.6 Å². The fourth-order valence-corrected chi connectivity index (χ4v) is 5.27. The Balaban J connectivity index is 1.98. The average Bonchev–Trinajstić information content (AvgIpc) is 3.40. The highest BCUT2D eigenvalue weighted by Gasteiger charge is 2.47. The van der Waals surface area contributed by atoms with Crippen LogP contribution in [0.1, 0.15) is 82.7 Å². The first kappa shape index (κ1) is 27.2. The van der Waals surface area contributed by atoms with Crippen LogP contribution in [0.4, 0.5) is 0 Å². The summed E-state index contributed by atoms with van der Waals surface area (Å²) in [4.78, 5) is 28.4. The van der Waals surface area contributed by atoms with Crippen molar-refractivity contribution in [3.8, 4) is 5.75 Å². The van der Waals surface area contributed by atoms with Gasteiger partial charge in [0.05, 0.1) is 17.7 Å². The zero-order chi connectivity index (χ0) is 27.3. The summed E-state index contributed by atoms with van der Waals surface area (Å²) in [6.07, 6.45) is 1.51. The highest BCUT2D eigenvalue weighted by molar-refractivity contribution is 6.46. The minimum absolute atomic E-state index is 0.0238. The molecule has 2 saturated heterocycles. The maximum atomic E-state index is 13.5. The number of hydrogen-bond donors (Lipinski definition) is 2. The van der Waals surface area contributed by atoms with Crippen molar-refractivity contribution in [2.24, 2.45) is 0 Å². The van der Waals surface area contributed by atoms with Crippen LogP contribution in [0.2, 0.25) is 5.02 Å². The van der Waals surface area contributed by atoms with E-state index < -0.39 is 28.6 Å². The quantitative estimate of drug-likeness (QED) is 0.280. The number of nitrogens with zero attached hydrogens (tertiary/aromatic N) is 1. The third-order valence-corrected chi connectivity index (χ3v) is 7.40. The number of carbonyl (C=O) groups is 2. The van der Waals surface area contributed by atoms with Gasteiger partial charge < -0.3 is 19.8 Å². The van der Waals surface area contributed by atoms with Gasteiger partial charge in [-0.2, -0.15) is 0 Å². The van der Waals surface area contributed by atoms with Gasteiger partial charge in [0, 0.05) is 23.7 Å². The number of likely N-dealkylation sites (tertiary alicyclic amines) is 1. The Hall–Kier alpha value is -2.83. The van der Waals surface area contributed by atoms with E-state index in [1.807, 2.05) is 53.7 Å². The molecule has 0 spiro atoms. The summed E-state index contributed by atoms with van der Waals surface area (Å²) in [7, 11) is 0. The lowest BCUT2D eigenvalue weighted by atomic mass is 9.77. The molecule has 0 aromatic heterocycles. The molecule has 1 amide bonds. The van der Waals surface area contributed by atoms with Crippen LogP contribution in [0.3, 0.4) is 0 Å². The molecular weight excluding hydrogens is 490 g/mol. The van der Waals surface area contributed by atoms with Crippen LogP contribution in [0.15, 0.2) is 42.0 Å². The van der Waals surface area contributed by atoms with Crippen molar-refractivity contribution in [2.45, 2.75) is 77.4 Å². The third-order valence-electron chi connectivity index (χ3n) is 7.15. The zero-order valence-electron chi connectivity index (χ0n) is 22.4. The third kappa shape index (κ3) is 5.27. The van der Waals surface area contributed by atoms with E-state index in [1.54, 1.807) is 24.3 Å². The number of carbonyl (C=O) groups excluding carboxylic acids is 2. The van der Waals surface area contributed by atoms with E-state index in [2.05, 4.69) is 0 Å². The van der Waals surface area contributed by atoms with Gasteiger partial charge in [0.15, 0.2) is 0 Å². The molecule has 2 unspecified atom stereocenters. The van der Waals surface area contributed by atoms with Crippen LogP contribution in [0.25, 0.3) is 5.76 Å². The van der Waals surface area contributed by atoms with Gasteiger partial charge in [0.2, 0.25) is 0 Å². The van der Waals surface area contributed by atoms with Gasteiger partial charge in [0.1, 0.15) is 11.5 Å². The number of aromatic hydroxyl groups is 1. The molecular formula is C30H36ClNO5. The fourth-order valence-electron chi connectivity index (χ4n) is 5.14. The summed E-state index contributed by atoms with van der Waals surface area (Å²) in [6.45, 7) is 12.9. The maximum absolute atomic E-state index is 13.5. The van der Waals surface area contributed by atoms with E-state index in [9.17, 15) is 19.8 Å². The van der Waals surface area contributed by atoms with Crippen LogP contribution in [-0.2, 0) is 25.2 Å². The fraction of sp³-hybridized carbons (Fsp3) is 0.467. The first-order chi connectivity index (χ1) is 17.2. The molecule has 2 atom stereocenters. The predicted molar refractivity (Wildman–Crippen MR) is 145 cm³/mol. The molecule has 7 heteroatoms. The monoisotopic (exact) mass is 525 g/mol. The molecule has 0 radical (unpaired) electrons. The number of phenolic OH excluding ortho intramolecular Hbond substituents is 1. The zero-order valence-corrected chi connectivity index (χ0v) is 23.1. The average molecular weight is 526 g/mol. The lowest BCUT2D eigenvalue weighted by Crippen LogP contribution is -2.36. The molecule has 198 valence electrons. The van der Waals surface area contributed by atoms with E-state index in [4.69, 9.17) is 16.3 Å². The van der Waals surface area contributed by atoms with E-state index in [-0.39, 0.29) is 29.7 Å². The molecule has 0 aliphatic carbocycles. The summed E-state index contributed by atoms with van der Waals surface area (Å²) < 4.78 is 5.81. The minimum Gasteiger partial charge on any atom is -0.507 e. The molecule has 2 aromatic carbocycles. The predicted octanol–water partition coefficient (Wildman–Crippen LogP) is 6.24. The van der Waals surface area contributed by atoms with Gasteiger partial charge in [-0.05, 0) is 76.8 Å². The molecule has 0 saturated carbocycles. The normalized spacial score (nSPS) is 22.2. The molecule has 2 heterocycles. The van der Waals surface area contributed by atoms with Crippen molar-refractivity contribution in [3.63, 3.8) is 0 Å². The Morgan fingerprint density at radius 2 is 1.59 bits per heavy atom. The van der Waals surface area contributed by atoms with Gasteiger partial charge in [0.25, 0.3) is 11.7 Å². The number of hydrogen-bond acceptors (Lipinski definition) is 5. The van der Waals surface area contributed by atoms with Crippen molar-refractivity contribution >= 4 is 29.1 Å². The smallest absolute Gasteiger partial charge is 0.295 e. The van der Waals surface area contributed by atoms with Crippen molar-refractivity contribution in [1.29, 1.82) is 0 Å². The number of amides is 1. The van der Waals surface area contributed by atoms with E-state index in [1.165, 1.54) is 4.90 Å². The lowest BCUT2D eigenvalue weighted by molar-refractivity contribution is -0.140.